The van der Waals surface area contributed by atoms with Gasteiger partial charge in [-0.1, -0.05) is 12.1 Å². The highest BCUT2D eigenvalue weighted by Crippen LogP contribution is 2.37. The molecule has 4 aromatic rings. The van der Waals surface area contributed by atoms with Gasteiger partial charge in [0.25, 0.3) is 20.0 Å². The predicted octanol–water partition coefficient (Wildman–Crippen LogP) is 4.97. The summed E-state index contributed by atoms with van der Waals surface area (Å²) in [4.78, 5) is 13.2. The van der Waals surface area contributed by atoms with Crippen molar-refractivity contribution < 1.29 is 40.6 Å². The Hall–Kier alpha value is -4.95. The van der Waals surface area contributed by atoms with E-state index in [1.165, 1.54) is 83.0 Å². The first kappa shape index (κ1) is 33.9. The maximum atomic E-state index is 14.1. The minimum atomic E-state index is -4.41. The lowest BCUT2D eigenvalue weighted by molar-refractivity contribution is -0.114. The molecule has 4 rings (SSSR count). The summed E-state index contributed by atoms with van der Waals surface area (Å²) < 4.78 is 79.0. The van der Waals surface area contributed by atoms with Gasteiger partial charge in [-0.25, -0.2) is 16.8 Å². The van der Waals surface area contributed by atoms with Crippen LogP contribution in [-0.4, -0.2) is 57.7 Å². The first-order chi connectivity index (χ1) is 21.8. The quantitative estimate of drug-likeness (QED) is 0.201. The van der Waals surface area contributed by atoms with Gasteiger partial charge in [0.05, 0.1) is 49.6 Å². The largest absolute Gasteiger partial charge is 0.497 e. The third-order valence-electron chi connectivity index (χ3n) is 6.97. The molecule has 244 valence electrons. The zero-order valence-corrected chi connectivity index (χ0v) is 27.8. The number of ether oxygens (including phenoxy) is 4. The summed E-state index contributed by atoms with van der Waals surface area (Å²) >= 11 is 0. The van der Waals surface area contributed by atoms with E-state index in [0.29, 0.717) is 17.2 Å². The molecule has 0 bridgehead atoms. The summed E-state index contributed by atoms with van der Waals surface area (Å²) in [7, 11) is -2.73. The second kappa shape index (κ2) is 14.0. The number of amides is 1. The number of benzene rings is 4. The van der Waals surface area contributed by atoms with E-state index >= 15 is 0 Å². The second-order valence-electron chi connectivity index (χ2n) is 10.1. The summed E-state index contributed by atoms with van der Waals surface area (Å²) in [6.07, 6.45) is 0. The standard InChI is InChI=1S/C32H35N3O9S2/c1-21-7-8-22(2)27(17-21)34-45(37,38)25-12-9-23(10-13-25)33-32(36)20-35(28-18-24(41-3)11-15-29(28)42-4)46(39,40)26-14-16-30(43-5)31(19-26)44-6/h7-19,34H,20H2,1-6H3,(H,33,36). The summed E-state index contributed by atoms with van der Waals surface area (Å²) in [6, 6.07) is 19.6. The van der Waals surface area contributed by atoms with Gasteiger partial charge in [0.15, 0.2) is 11.5 Å². The third kappa shape index (κ3) is 7.46. The second-order valence-corrected chi connectivity index (χ2v) is 13.6. The fraction of sp³-hybridized carbons (Fsp3) is 0.219. The summed E-state index contributed by atoms with van der Waals surface area (Å²) in [5.74, 6) is 0.281. The van der Waals surface area contributed by atoms with Crippen molar-refractivity contribution >= 4 is 43.0 Å². The number of sulfonamides is 2. The van der Waals surface area contributed by atoms with Crippen LogP contribution in [0.25, 0.3) is 0 Å². The molecule has 4 aromatic carbocycles. The molecule has 46 heavy (non-hydrogen) atoms. The van der Waals surface area contributed by atoms with E-state index in [2.05, 4.69) is 10.0 Å². The molecule has 0 fully saturated rings. The smallest absolute Gasteiger partial charge is 0.265 e. The number of nitrogens with zero attached hydrogens (tertiary/aromatic N) is 1. The molecule has 0 saturated carbocycles. The monoisotopic (exact) mass is 669 g/mol. The molecule has 2 N–H and O–H groups in total. The van der Waals surface area contributed by atoms with E-state index in [-0.39, 0.29) is 32.7 Å². The number of hydrogen-bond donors (Lipinski definition) is 2. The molecule has 0 unspecified atom stereocenters. The van der Waals surface area contributed by atoms with Crippen LogP contribution in [0.4, 0.5) is 17.1 Å². The Morgan fingerprint density at radius 1 is 0.696 bits per heavy atom. The van der Waals surface area contributed by atoms with Crippen molar-refractivity contribution in [3.8, 4) is 23.0 Å². The normalized spacial score (nSPS) is 11.3. The van der Waals surface area contributed by atoms with Crippen LogP contribution in [0, 0.1) is 13.8 Å². The molecule has 0 aromatic heterocycles. The summed E-state index contributed by atoms with van der Waals surface area (Å²) in [5, 5.41) is 2.64. The average Bonchev–Trinajstić information content (AvgIpc) is 3.04. The minimum Gasteiger partial charge on any atom is -0.497 e. The lowest BCUT2D eigenvalue weighted by Gasteiger charge is -2.26. The van der Waals surface area contributed by atoms with Gasteiger partial charge in [0.2, 0.25) is 5.91 Å². The Morgan fingerprint density at radius 2 is 1.33 bits per heavy atom. The van der Waals surface area contributed by atoms with Gasteiger partial charge in [-0.3, -0.25) is 13.8 Å². The molecule has 0 aliphatic carbocycles. The molecule has 0 radical (unpaired) electrons. The summed E-state index contributed by atoms with van der Waals surface area (Å²) in [5.41, 5.74) is 2.41. The number of hydrogen-bond acceptors (Lipinski definition) is 9. The van der Waals surface area contributed by atoms with Crippen LogP contribution in [0.1, 0.15) is 11.1 Å². The Kier molecular flexibility index (Phi) is 10.3. The molecule has 0 spiro atoms. The number of rotatable bonds is 13. The van der Waals surface area contributed by atoms with Crippen molar-refractivity contribution in [3.05, 3.63) is 90.0 Å². The van der Waals surface area contributed by atoms with E-state index in [0.717, 1.165) is 15.4 Å². The van der Waals surface area contributed by atoms with Gasteiger partial charge >= 0.3 is 0 Å². The fourth-order valence-corrected chi connectivity index (χ4v) is 7.05. The zero-order chi connectivity index (χ0) is 33.6. The van der Waals surface area contributed by atoms with E-state index < -0.39 is 32.5 Å². The molecule has 0 aliphatic rings. The van der Waals surface area contributed by atoms with Gasteiger partial charge in [0, 0.05) is 17.8 Å². The van der Waals surface area contributed by atoms with Gasteiger partial charge in [-0.15, -0.1) is 0 Å². The van der Waals surface area contributed by atoms with Crippen molar-refractivity contribution in [2.45, 2.75) is 23.6 Å². The molecule has 12 nitrogen and oxygen atoms in total. The SMILES string of the molecule is COc1ccc(OC)c(N(CC(=O)Nc2ccc(S(=O)(=O)Nc3cc(C)ccc3C)cc2)S(=O)(=O)c2ccc(OC)c(OC)c2)c1. The molecular weight excluding hydrogens is 634 g/mol. The Bertz CT molecular complexity index is 1950. The van der Waals surface area contributed by atoms with Crippen molar-refractivity contribution in [1.82, 2.24) is 0 Å². The summed E-state index contributed by atoms with van der Waals surface area (Å²) in [6.45, 7) is 2.99. The number of carbonyl (C=O) groups excluding carboxylic acids is 1. The van der Waals surface area contributed by atoms with Crippen molar-refractivity contribution in [1.29, 1.82) is 0 Å². The van der Waals surface area contributed by atoms with E-state index in [9.17, 15) is 21.6 Å². The lowest BCUT2D eigenvalue weighted by Crippen LogP contribution is -2.38. The number of methoxy groups -OCH3 is 4. The first-order valence-corrected chi connectivity index (χ1v) is 16.7. The number of aryl methyl sites for hydroxylation is 2. The van der Waals surface area contributed by atoms with Crippen molar-refractivity contribution in [3.63, 3.8) is 0 Å². The van der Waals surface area contributed by atoms with E-state index in [1.54, 1.807) is 19.1 Å². The fourth-order valence-electron chi connectivity index (χ4n) is 4.49. The van der Waals surface area contributed by atoms with Crippen LogP contribution in [0.2, 0.25) is 0 Å². The number of nitrogens with one attached hydrogen (secondary N) is 2. The zero-order valence-electron chi connectivity index (χ0n) is 26.2. The molecule has 0 heterocycles. The van der Waals surface area contributed by atoms with Crippen molar-refractivity contribution in [2.75, 3.05) is 49.3 Å². The van der Waals surface area contributed by atoms with Gasteiger partial charge in [-0.05, 0) is 79.6 Å². The topological polar surface area (TPSA) is 150 Å². The minimum absolute atomic E-state index is 0.0230. The van der Waals surface area contributed by atoms with Crippen LogP contribution in [0.3, 0.4) is 0 Å². The van der Waals surface area contributed by atoms with Crippen LogP contribution < -0.4 is 33.3 Å². The Morgan fingerprint density at radius 3 is 1.96 bits per heavy atom. The maximum Gasteiger partial charge on any atom is 0.265 e. The molecule has 1 amide bonds. The molecule has 14 heteroatoms. The molecule has 0 aliphatic heterocycles. The lowest BCUT2D eigenvalue weighted by atomic mass is 10.1. The third-order valence-corrected chi connectivity index (χ3v) is 10.1. The van der Waals surface area contributed by atoms with E-state index in [1.807, 2.05) is 19.1 Å². The molecule has 0 saturated heterocycles. The van der Waals surface area contributed by atoms with E-state index in [4.69, 9.17) is 18.9 Å². The Balaban J connectivity index is 1.64. The molecule has 0 atom stereocenters. The Labute approximate surface area is 269 Å². The van der Waals surface area contributed by atoms with Crippen LogP contribution in [0.5, 0.6) is 23.0 Å². The highest BCUT2D eigenvalue weighted by Gasteiger charge is 2.31. The van der Waals surface area contributed by atoms with Crippen LogP contribution in [-0.2, 0) is 24.8 Å². The van der Waals surface area contributed by atoms with Gasteiger partial charge in [0.1, 0.15) is 18.0 Å². The number of anilines is 3. The highest BCUT2D eigenvalue weighted by molar-refractivity contribution is 7.93. The highest BCUT2D eigenvalue weighted by atomic mass is 32.2. The van der Waals surface area contributed by atoms with Crippen molar-refractivity contribution in [2.24, 2.45) is 0 Å². The number of carbonyl (C=O) groups is 1. The van der Waals surface area contributed by atoms with Crippen LogP contribution in [0.15, 0.2) is 88.7 Å². The van der Waals surface area contributed by atoms with Gasteiger partial charge in [-0.2, -0.15) is 0 Å². The average molecular weight is 670 g/mol. The predicted molar refractivity (Wildman–Crippen MR) is 175 cm³/mol. The molecular formula is C32H35N3O9S2. The van der Waals surface area contributed by atoms with Crippen LogP contribution >= 0.6 is 0 Å². The first-order valence-electron chi connectivity index (χ1n) is 13.8. The van der Waals surface area contributed by atoms with Gasteiger partial charge < -0.3 is 24.3 Å². The maximum absolute atomic E-state index is 14.1.